The van der Waals surface area contributed by atoms with Crippen molar-refractivity contribution in [1.82, 2.24) is 13.8 Å². The molecule has 1 aromatic heterocycles. The lowest BCUT2D eigenvalue weighted by Gasteiger charge is -2.35. The monoisotopic (exact) mass is 513 g/mol. The molecule has 1 heterocycles. The number of hydrogen-bond acceptors (Lipinski definition) is 3. The van der Waals surface area contributed by atoms with Gasteiger partial charge in [-0.1, -0.05) is 56.3 Å². The minimum absolute atomic E-state index is 0.0483. The second-order valence-corrected chi connectivity index (χ2v) is 11.9. The Morgan fingerprint density at radius 3 is 2.45 bits per heavy atom. The van der Waals surface area contributed by atoms with Crippen molar-refractivity contribution in [3.05, 3.63) is 52.3 Å². The van der Waals surface area contributed by atoms with Crippen molar-refractivity contribution >= 4 is 39.1 Å². The van der Waals surface area contributed by atoms with Gasteiger partial charge in [0.2, 0.25) is 15.9 Å². The Bertz CT molecular complexity index is 1060. The number of sulfonamides is 1. The minimum atomic E-state index is -4.02. The molecule has 0 N–H and O–H groups in total. The van der Waals surface area contributed by atoms with Crippen LogP contribution in [0.4, 0.5) is 0 Å². The fraction of sp³-hybridized carbons (Fsp3) is 0.542. The fourth-order valence-electron chi connectivity index (χ4n) is 4.37. The van der Waals surface area contributed by atoms with E-state index in [2.05, 4.69) is 0 Å². The van der Waals surface area contributed by atoms with Crippen LogP contribution in [-0.2, 0) is 28.4 Å². The zero-order valence-corrected chi connectivity index (χ0v) is 21.8. The SMILES string of the molecule is CC(C)CN(Cc1cccn1C)C(=O)CN(C1CCCCC1)S(=O)(=O)c1cc(Cl)ccc1Cl. The summed E-state index contributed by atoms with van der Waals surface area (Å²) in [7, 11) is -2.08. The van der Waals surface area contributed by atoms with E-state index in [-0.39, 0.29) is 39.4 Å². The quantitative estimate of drug-likeness (QED) is 0.454. The van der Waals surface area contributed by atoms with Crippen LogP contribution in [0, 0.1) is 5.92 Å². The highest BCUT2D eigenvalue weighted by Crippen LogP contribution is 2.32. The highest BCUT2D eigenvalue weighted by atomic mass is 35.5. The number of aryl methyl sites for hydroxylation is 1. The highest BCUT2D eigenvalue weighted by Gasteiger charge is 2.36. The van der Waals surface area contributed by atoms with E-state index < -0.39 is 10.0 Å². The third kappa shape index (κ3) is 6.53. The van der Waals surface area contributed by atoms with Crippen LogP contribution in [-0.4, -0.2) is 47.2 Å². The van der Waals surface area contributed by atoms with E-state index in [4.69, 9.17) is 23.2 Å². The standard InChI is InChI=1S/C24H33Cl2N3O3S/c1-18(2)15-28(16-21-10-7-13-27(21)3)24(30)17-29(20-8-5-4-6-9-20)33(31,32)23-14-19(25)11-12-22(23)26/h7,10-14,18,20H,4-6,8-9,15-17H2,1-3H3. The Morgan fingerprint density at radius 1 is 1.15 bits per heavy atom. The molecule has 182 valence electrons. The van der Waals surface area contributed by atoms with Crippen molar-refractivity contribution in [3.8, 4) is 0 Å². The average Bonchev–Trinajstić information content (AvgIpc) is 3.17. The lowest BCUT2D eigenvalue weighted by molar-refractivity contribution is -0.133. The molecule has 0 saturated heterocycles. The van der Waals surface area contributed by atoms with Gasteiger partial charge in [0.1, 0.15) is 4.90 Å². The Morgan fingerprint density at radius 2 is 1.85 bits per heavy atom. The van der Waals surface area contributed by atoms with E-state index in [1.54, 1.807) is 11.0 Å². The molecule has 1 aromatic carbocycles. The van der Waals surface area contributed by atoms with Crippen molar-refractivity contribution < 1.29 is 13.2 Å². The maximum absolute atomic E-state index is 13.8. The Balaban J connectivity index is 1.93. The van der Waals surface area contributed by atoms with Gasteiger partial charge in [0.05, 0.1) is 18.1 Å². The average molecular weight is 515 g/mol. The molecule has 33 heavy (non-hydrogen) atoms. The molecular weight excluding hydrogens is 481 g/mol. The molecule has 0 bridgehead atoms. The molecule has 0 unspecified atom stereocenters. The molecule has 0 atom stereocenters. The van der Waals surface area contributed by atoms with Crippen LogP contribution in [0.1, 0.15) is 51.6 Å². The fourth-order valence-corrected chi connectivity index (χ4v) is 6.74. The van der Waals surface area contributed by atoms with Crippen molar-refractivity contribution in [2.75, 3.05) is 13.1 Å². The number of amides is 1. The normalized spacial score (nSPS) is 15.4. The summed E-state index contributed by atoms with van der Waals surface area (Å²) >= 11 is 12.4. The highest BCUT2D eigenvalue weighted by molar-refractivity contribution is 7.89. The smallest absolute Gasteiger partial charge is 0.245 e. The molecule has 9 heteroatoms. The molecule has 1 amide bonds. The molecule has 1 aliphatic carbocycles. The van der Waals surface area contributed by atoms with Crippen molar-refractivity contribution in [2.24, 2.45) is 13.0 Å². The van der Waals surface area contributed by atoms with Crippen LogP contribution in [0.2, 0.25) is 10.0 Å². The molecule has 0 aliphatic heterocycles. The van der Waals surface area contributed by atoms with E-state index >= 15 is 0 Å². The number of halogens is 2. The molecule has 3 rings (SSSR count). The maximum atomic E-state index is 13.8. The van der Waals surface area contributed by atoms with Gasteiger partial charge in [-0.25, -0.2) is 8.42 Å². The topological polar surface area (TPSA) is 62.6 Å². The number of nitrogens with zero attached hydrogens (tertiary/aromatic N) is 3. The van der Waals surface area contributed by atoms with E-state index in [0.717, 1.165) is 37.8 Å². The second kappa shape index (κ2) is 11.3. The summed E-state index contributed by atoms with van der Waals surface area (Å²) < 4.78 is 30.9. The Labute approximate surface area is 207 Å². The molecule has 0 radical (unpaired) electrons. The first-order valence-corrected chi connectivity index (χ1v) is 13.6. The predicted octanol–water partition coefficient (Wildman–Crippen LogP) is 5.34. The van der Waals surface area contributed by atoms with Crippen LogP contribution in [0.3, 0.4) is 0 Å². The third-order valence-electron chi connectivity index (χ3n) is 6.10. The van der Waals surface area contributed by atoms with E-state index in [9.17, 15) is 13.2 Å². The van der Waals surface area contributed by atoms with Gasteiger partial charge in [-0.3, -0.25) is 4.79 Å². The van der Waals surface area contributed by atoms with Gasteiger partial charge in [-0.15, -0.1) is 0 Å². The van der Waals surface area contributed by atoms with Crippen LogP contribution in [0.25, 0.3) is 0 Å². The van der Waals surface area contributed by atoms with Gasteiger partial charge in [-0.2, -0.15) is 4.31 Å². The predicted molar refractivity (Wildman–Crippen MR) is 133 cm³/mol. The number of carbonyl (C=O) groups excluding carboxylic acids is 1. The molecule has 6 nitrogen and oxygen atoms in total. The summed E-state index contributed by atoms with van der Waals surface area (Å²) in [6.07, 6.45) is 6.34. The van der Waals surface area contributed by atoms with Gasteiger partial charge >= 0.3 is 0 Å². The first kappa shape index (κ1) is 26.1. The van der Waals surface area contributed by atoms with E-state index in [1.807, 2.05) is 43.8 Å². The summed E-state index contributed by atoms with van der Waals surface area (Å²) in [6, 6.07) is 8.09. The third-order valence-corrected chi connectivity index (χ3v) is 8.71. The number of rotatable bonds is 9. The van der Waals surface area contributed by atoms with E-state index in [0.29, 0.717) is 13.1 Å². The van der Waals surface area contributed by atoms with Crippen molar-refractivity contribution in [2.45, 2.75) is 63.4 Å². The van der Waals surface area contributed by atoms with Crippen molar-refractivity contribution in [3.63, 3.8) is 0 Å². The molecule has 2 aromatic rings. The number of hydrogen-bond donors (Lipinski definition) is 0. The van der Waals surface area contributed by atoms with Gasteiger partial charge in [0.15, 0.2) is 0 Å². The van der Waals surface area contributed by atoms with Crippen molar-refractivity contribution in [1.29, 1.82) is 0 Å². The van der Waals surface area contributed by atoms with Crippen LogP contribution in [0.5, 0.6) is 0 Å². The molecule has 1 saturated carbocycles. The Hall–Kier alpha value is -1.54. The first-order chi connectivity index (χ1) is 15.6. The zero-order chi connectivity index (χ0) is 24.2. The van der Waals surface area contributed by atoms with Crippen LogP contribution in [0.15, 0.2) is 41.4 Å². The summed E-state index contributed by atoms with van der Waals surface area (Å²) in [5, 5.41) is 0.397. The number of aromatic nitrogens is 1. The number of carbonyl (C=O) groups is 1. The van der Waals surface area contributed by atoms with Gasteiger partial charge in [-0.05, 0) is 49.1 Å². The molecule has 1 fully saturated rings. The minimum Gasteiger partial charge on any atom is -0.353 e. The van der Waals surface area contributed by atoms with Crippen LogP contribution < -0.4 is 0 Å². The zero-order valence-electron chi connectivity index (χ0n) is 19.5. The van der Waals surface area contributed by atoms with E-state index in [1.165, 1.54) is 16.4 Å². The Kier molecular flexibility index (Phi) is 8.89. The summed E-state index contributed by atoms with van der Waals surface area (Å²) in [5.41, 5.74) is 0.994. The molecule has 1 aliphatic rings. The summed E-state index contributed by atoms with van der Waals surface area (Å²) in [4.78, 5) is 15.3. The van der Waals surface area contributed by atoms with Crippen LogP contribution >= 0.6 is 23.2 Å². The van der Waals surface area contributed by atoms with Gasteiger partial charge in [0, 0.05) is 36.5 Å². The molecule has 0 spiro atoms. The van der Waals surface area contributed by atoms with Gasteiger partial charge < -0.3 is 9.47 Å². The maximum Gasteiger partial charge on any atom is 0.245 e. The lowest BCUT2D eigenvalue weighted by atomic mass is 9.95. The largest absolute Gasteiger partial charge is 0.353 e. The lowest BCUT2D eigenvalue weighted by Crippen LogP contribution is -2.48. The summed E-state index contributed by atoms with van der Waals surface area (Å²) in [5.74, 6) is 0.0357. The van der Waals surface area contributed by atoms with Gasteiger partial charge in [0.25, 0.3) is 0 Å². The molecular formula is C24H33Cl2N3O3S. The first-order valence-electron chi connectivity index (χ1n) is 11.4. The number of benzene rings is 1. The summed E-state index contributed by atoms with van der Waals surface area (Å²) in [6.45, 7) is 4.85. The second-order valence-electron chi connectivity index (χ2n) is 9.20.